The maximum absolute atomic E-state index is 12.5. The largest absolute Gasteiger partial charge is 0.494 e. The van der Waals surface area contributed by atoms with Crippen LogP contribution in [0, 0.1) is 0 Å². The molecule has 0 radical (unpaired) electrons. The number of hydrogen-bond donors (Lipinski definition) is 3. The second-order valence-electron chi connectivity index (χ2n) is 7.50. The first-order valence-corrected chi connectivity index (χ1v) is 11.8. The molecule has 0 aliphatic rings. The molecule has 2 rings (SSSR count). The van der Waals surface area contributed by atoms with Crippen LogP contribution in [0.15, 0.2) is 48.5 Å². The van der Waals surface area contributed by atoms with E-state index >= 15 is 0 Å². The molecule has 3 N–H and O–H groups in total. The normalized spacial score (nSPS) is 10.5. The van der Waals surface area contributed by atoms with Crippen LogP contribution in [0.3, 0.4) is 0 Å². The molecule has 33 heavy (non-hydrogen) atoms. The highest BCUT2D eigenvalue weighted by Crippen LogP contribution is 2.14. The highest BCUT2D eigenvalue weighted by molar-refractivity contribution is 7.80. The molecule has 0 aliphatic heterocycles. The zero-order valence-electron chi connectivity index (χ0n) is 19.6. The maximum Gasteiger partial charge on any atom is 0.257 e. The van der Waals surface area contributed by atoms with Crippen molar-refractivity contribution in [3.63, 3.8) is 0 Å². The van der Waals surface area contributed by atoms with E-state index in [1.54, 1.807) is 42.5 Å². The van der Waals surface area contributed by atoms with Crippen molar-refractivity contribution in [1.82, 2.24) is 15.5 Å². The highest BCUT2D eigenvalue weighted by Gasteiger charge is 2.10. The van der Waals surface area contributed by atoms with Crippen LogP contribution < -0.4 is 20.7 Å². The van der Waals surface area contributed by atoms with E-state index in [4.69, 9.17) is 17.0 Å². The molecule has 0 spiro atoms. The number of hydrogen-bond acceptors (Lipinski definition) is 5. The van der Waals surface area contributed by atoms with Crippen molar-refractivity contribution in [2.45, 2.75) is 33.6 Å². The molecule has 8 heteroatoms. The van der Waals surface area contributed by atoms with Gasteiger partial charge in [0, 0.05) is 29.9 Å². The third-order valence-electron chi connectivity index (χ3n) is 5.10. The lowest BCUT2D eigenvalue weighted by Gasteiger charge is -2.18. The van der Waals surface area contributed by atoms with E-state index in [1.807, 2.05) is 6.07 Å². The lowest BCUT2D eigenvalue weighted by Crippen LogP contribution is -2.35. The van der Waals surface area contributed by atoms with Gasteiger partial charge >= 0.3 is 0 Å². The summed E-state index contributed by atoms with van der Waals surface area (Å²) in [5, 5.41) is 8.74. The third-order valence-corrected chi connectivity index (χ3v) is 5.31. The highest BCUT2D eigenvalue weighted by atomic mass is 32.1. The number of amides is 2. The molecule has 0 fully saturated rings. The maximum atomic E-state index is 12.5. The Balaban J connectivity index is 1.83. The van der Waals surface area contributed by atoms with E-state index in [0.717, 1.165) is 32.5 Å². The van der Waals surface area contributed by atoms with Crippen molar-refractivity contribution in [1.29, 1.82) is 0 Å². The standard InChI is InChI=1S/C25H34N4O3S/c1-4-7-17-32-22-10-8-9-20(18-22)24(31)28-25(33)27-21-13-11-19(12-14-21)23(30)26-15-16-29(5-2)6-3/h8-14,18H,4-7,15-17H2,1-3H3,(H,26,30)(H2,27,28,31,33). The number of anilines is 1. The Kier molecular flexibility index (Phi) is 11.3. The smallest absolute Gasteiger partial charge is 0.257 e. The molecule has 2 aromatic carbocycles. The van der Waals surface area contributed by atoms with Crippen LogP contribution in [-0.2, 0) is 0 Å². The van der Waals surface area contributed by atoms with Gasteiger partial charge in [-0.2, -0.15) is 0 Å². The Bertz CT molecular complexity index is 914. The number of thiocarbonyl (C=S) groups is 1. The van der Waals surface area contributed by atoms with Crippen molar-refractivity contribution in [3.05, 3.63) is 59.7 Å². The summed E-state index contributed by atoms with van der Waals surface area (Å²) < 4.78 is 5.65. The molecular formula is C25H34N4O3S. The van der Waals surface area contributed by atoms with E-state index in [9.17, 15) is 9.59 Å². The first-order valence-electron chi connectivity index (χ1n) is 11.4. The van der Waals surface area contributed by atoms with Gasteiger partial charge in [-0.1, -0.05) is 33.3 Å². The Morgan fingerprint density at radius 2 is 1.70 bits per heavy atom. The topological polar surface area (TPSA) is 82.7 Å². The van der Waals surface area contributed by atoms with Crippen LogP contribution in [0.1, 0.15) is 54.3 Å². The van der Waals surface area contributed by atoms with E-state index in [-0.39, 0.29) is 16.9 Å². The Morgan fingerprint density at radius 3 is 2.36 bits per heavy atom. The number of ether oxygens (including phenoxy) is 1. The molecule has 0 saturated heterocycles. The second kappa shape index (κ2) is 14.2. The SMILES string of the molecule is CCCCOc1cccc(C(=O)NC(=S)Nc2ccc(C(=O)NCCN(CC)CC)cc2)c1. The summed E-state index contributed by atoms with van der Waals surface area (Å²) in [6.45, 7) is 10.3. The van der Waals surface area contributed by atoms with Gasteiger partial charge < -0.3 is 20.3 Å². The molecule has 2 amide bonds. The predicted molar refractivity (Wildman–Crippen MR) is 137 cm³/mol. The number of carbonyl (C=O) groups excluding carboxylic acids is 2. The molecule has 0 aromatic heterocycles. The van der Waals surface area contributed by atoms with Crippen LogP contribution in [0.2, 0.25) is 0 Å². The lowest BCUT2D eigenvalue weighted by atomic mass is 10.2. The zero-order valence-corrected chi connectivity index (χ0v) is 20.5. The van der Waals surface area contributed by atoms with Gasteiger partial charge in [0.15, 0.2) is 5.11 Å². The Hall–Kier alpha value is -2.97. The minimum absolute atomic E-state index is 0.120. The molecule has 0 unspecified atom stereocenters. The summed E-state index contributed by atoms with van der Waals surface area (Å²) in [6.07, 6.45) is 2.00. The van der Waals surface area contributed by atoms with Gasteiger partial charge in [-0.15, -0.1) is 0 Å². The second-order valence-corrected chi connectivity index (χ2v) is 7.91. The minimum Gasteiger partial charge on any atom is -0.494 e. The first-order chi connectivity index (χ1) is 16.0. The number of likely N-dealkylation sites (N-methyl/N-ethyl adjacent to an activating group) is 1. The van der Waals surface area contributed by atoms with Crippen molar-refractivity contribution < 1.29 is 14.3 Å². The van der Waals surface area contributed by atoms with Crippen molar-refractivity contribution in [2.24, 2.45) is 0 Å². The van der Waals surface area contributed by atoms with Crippen LogP contribution in [0.5, 0.6) is 5.75 Å². The van der Waals surface area contributed by atoms with Crippen molar-refractivity contribution in [3.8, 4) is 5.75 Å². The van der Waals surface area contributed by atoms with E-state index < -0.39 is 0 Å². The average molecular weight is 471 g/mol. The number of unbranched alkanes of at least 4 members (excludes halogenated alkanes) is 1. The van der Waals surface area contributed by atoms with Gasteiger partial charge in [-0.3, -0.25) is 14.9 Å². The summed E-state index contributed by atoms with van der Waals surface area (Å²) >= 11 is 5.26. The minimum atomic E-state index is -0.322. The number of rotatable bonds is 12. The summed E-state index contributed by atoms with van der Waals surface area (Å²) in [6, 6.07) is 13.9. The van der Waals surface area contributed by atoms with E-state index in [1.165, 1.54) is 0 Å². The number of carbonyl (C=O) groups is 2. The Morgan fingerprint density at radius 1 is 0.970 bits per heavy atom. The summed E-state index contributed by atoms with van der Waals surface area (Å²) in [7, 11) is 0. The van der Waals surface area contributed by atoms with Gasteiger partial charge in [0.25, 0.3) is 11.8 Å². The Labute approximate surface area is 201 Å². The van der Waals surface area contributed by atoms with E-state index in [2.05, 4.69) is 41.6 Å². The predicted octanol–water partition coefficient (Wildman–Crippen LogP) is 4.06. The molecule has 0 aliphatic carbocycles. The fourth-order valence-corrected chi connectivity index (χ4v) is 3.28. The first kappa shape index (κ1) is 26.3. The molecule has 0 atom stereocenters. The van der Waals surface area contributed by atoms with Crippen LogP contribution in [0.25, 0.3) is 0 Å². The van der Waals surface area contributed by atoms with Crippen LogP contribution in [-0.4, -0.2) is 54.6 Å². The summed E-state index contributed by atoms with van der Waals surface area (Å²) in [5.74, 6) is 0.212. The molecule has 178 valence electrons. The third kappa shape index (κ3) is 9.19. The van der Waals surface area contributed by atoms with Gasteiger partial charge in [0.2, 0.25) is 0 Å². The van der Waals surface area contributed by atoms with Gasteiger partial charge in [0.1, 0.15) is 5.75 Å². The number of benzene rings is 2. The molecule has 0 saturated carbocycles. The van der Waals surface area contributed by atoms with Crippen LogP contribution in [0.4, 0.5) is 5.69 Å². The monoisotopic (exact) mass is 470 g/mol. The lowest BCUT2D eigenvalue weighted by molar-refractivity contribution is 0.0947. The van der Waals surface area contributed by atoms with E-state index in [0.29, 0.717) is 35.7 Å². The number of nitrogens with one attached hydrogen (secondary N) is 3. The summed E-state index contributed by atoms with van der Waals surface area (Å²) in [4.78, 5) is 27.1. The molecule has 7 nitrogen and oxygen atoms in total. The quantitative estimate of drug-likeness (QED) is 0.321. The van der Waals surface area contributed by atoms with Gasteiger partial charge in [-0.05, 0) is 74.2 Å². The van der Waals surface area contributed by atoms with Gasteiger partial charge in [0.05, 0.1) is 6.61 Å². The average Bonchev–Trinajstić information content (AvgIpc) is 2.82. The fourth-order valence-electron chi connectivity index (χ4n) is 3.07. The molecule has 2 aromatic rings. The zero-order chi connectivity index (χ0) is 24.1. The molecule has 0 bridgehead atoms. The van der Waals surface area contributed by atoms with Crippen molar-refractivity contribution >= 4 is 34.8 Å². The van der Waals surface area contributed by atoms with Crippen molar-refractivity contribution in [2.75, 3.05) is 38.1 Å². The molecule has 0 heterocycles. The fraction of sp³-hybridized carbons (Fsp3) is 0.400. The van der Waals surface area contributed by atoms with Crippen LogP contribution >= 0.6 is 12.2 Å². The molecular weight excluding hydrogens is 436 g/mol. The number of nitrogens with zero attached hydrogens (tertiary/aromatic N) is 1. The van der Waals surface area contributed by atoms with Gasteiger partial charge in [-0.25, -0.2) is 0 Å². The summed E-state index contributed by atoms with van der Waals surface area (Å²) in [5.41, 5.74) is 1.71.